The topological polar surface area (TPSA) is 63.1 Å². The monoisotopic (exact) mass is 340 g/mol. The molecule has 0 atom stereocenters. The van der Waals surface area contributed by atoms with Crippen molar-refractivity contribution in [2.45, 2.75) is 59.0 Å². The van der Waals surface area contributed by atoms with Crippen LogP contribution in [-0.2, 0) is 17.4 Å². The number of hydrogen-bond acceptors (Lipinski definition) is 6. The molecule has 2 rings (SSSR count). The van der Waals surface area contributed by atoms with Crippen molar-refractivity contribution in [3.63, 3.8) is 0 Å². The number of carbonyl (C=O) groups is 1. The Kier molecular flexibility index (Phi) is 6.40. The van der Waals surface area contributed by atoms with Crippen molar-refractivity contribution < 1.29 is 9.90 Å². The van der Waals surface area contributed by atoms with E-state index in [1.165, 1.54) is 11.3 Å². The van der Waals surface area contributed by atoms with Gasteiger partial charge in [0.1, 0.15) is 0 Å². The standard InChI is InChI=1S/C8H13NOS.C8H11NOS/c2*1-8(2,3)7-9-4-6(5-10)11-7/h4,10H,5H2,1-3H3;4-5H,1-3H3. The molecule has 4 nitrogen and oxygen atoms in total. The van der Waals surface area contributed by atoms with Crippen molar-refractivity contribution in [1.29, 1.82) is 0 Å². The molecule has 0 fully saturated rings. The molecule has 2 aromatic heterocycles. The number of rotatable bonds is 2. The molecule has 0 aliphatic rings. The molecule has 22 heavy (non-hydrogen) atoms. The van der Waals surface area contributed by atoms with Crippen molar-refractivity contribution in [3.8, 4) is 0 Å². The van der Waals surface area contributed by atoms with Crippen LogP contribution in [0.15, 0.2) is 12.4 Å². The third-order valence-electron chi connectivity index (χ3n) is 2.63. The fraction of sp³-hybridized carbons (Fsp3) is 0.562. The molecular weight excluding hydrogens is 316 g/mol. The van der Waals surface area contributed by atoms with Crippen molar-refractivity contribution in [3.05, 3.63) is 32.2 Å². The first kappa shape index (κ1) is 18.9. The molecule has 0 aliphatic heterocycles. The SMILES string of the molecule is CC(C)(C)c1ncc(C=O)s1.CC(C)(C)c1ncc(CO)s1. The number of aliphatic hydroxyl groups is 1. The normalized spacial score (nSPS) is 11.8. The van der Waals surface area contributed by atoms with Crippen LogP contribution in [0.25, 0.3) is 0 Å². The van der Waals surface area contributed by atoms with E-state index in [1.54, 1.807) is 23.7 Å². The summed E-state index contributed by atoms with van der Waals surface area (Å²) in [5.41, 5.74) is 0.171. The van der Waals surface area contributed by atoms with Crippen LogP contribution < -0.4 is 0 Å². The van der Waals surface area contributed by atoms with E-state index in [4.69, 9.17) is 5.11 Å². The highest BCUT2D eigenvalue weighted by Gasteiger charge is 2.18. The van der Waals surface area contributed by atoms with Gasteiger partial charge in [-0.25, -0.2) is 9.97 Å². The molecule has 6 heteroatoms. The van der Waals surface area contributed by atoms with Gasteiger partial charge in [-0.15, -0.1) is 22.7 Å². The Morgan fingerprint density at radius 2 is 1.50 bits per heavy atom. The molecule has 2 aromatic rings. The highest BCUT2D eigenvalue weighted by Crippen LogP contribution is 2.26. The average Bonchev–Trinajstić information content (AvgIpc) is 3.07. The number of aromatic nitrogens is 2. The first-order chi connectivity index (χ1) is 10.1. The minimum Gasteiger partial charge on any atom is -0.391 e. The van der Waals surface area contributed by atoms with E-state index in [-0.39, 0.29) is 17.4 Å². The van der Waals surface area contributed by atoms with Crippen molar-refractivity contribution in [2.75, 3.05) is 0 Å². The molecule has 0 aromatic carbocycles. The van der Waals surface area contributed by atoms with Gasteiger partial charge in [0.05, 0.1) is 26.4 Å². The Balaban J connectivity index is 0.000000220. The van der Waals surface area contributed by atoms with Gasteiger partial charge in [-0.1, -0.05) is 41.5 Å². The molecule has 2 heterocycles. The maximum atomic E-state index is 10.3. The van der Waals surface area contributed by atoms with Gasteiger partial charge < -0.3 is 5.11 Å². The van der Waals surface area contributed by atoms with Gasteiger partial charge in [-0.3, -0.25) is 4.79 Å². The first-order valence-corrected chi connectivity index (χ1v) is 8.68. The highest BCUT2D eigenvalue weighted by atomic mass is 32.1. The van der Waals surface area contributed by atoms with Gasteiger partial charge in [-0.05, 0) is 0 Å². The van der Waals surface area contributed by atoms with Gasteiger partial charge in [0.2, 0.25) is 0 Å². The summed E-state index contributed by atoms with van der Waals surface area (Å²) in [6, 6.07) is 0. The molecule has 0 unspecified atom stereocenters. The number of aliphatic hydroxyl groups excluding tert-OH is 1. The van der Waals surface area contributed by atoms with E-state index in [9.17, 15) is 4.79 Å². The van der Waals surface area contributed by atoms with Crippen molar-refractivity contribution in [1.82, 2.24) is 9.97 Å². The fourth-order valence-electron chi connectivity index (χ4n) is 1.42. The van der Waals surface area contributed by atoms with Crippen LogP contribution in [0.4, 0.5) is 0 Å². The van der Waals surface area contributed by atoms with Crippen LogP contribution in [0, 0.1) is 0 Å². The third kappa shape index (κ3) is 5.59. The van der Waals surface area contributed by atoms with Crippen molar-refractivity contribution >= 4 is 29.0 Å². The van der Waals surface area contributed by atoms with Gasteiger partial charge in [0.15, 0.2) is 6.29 Å². The summed E-state index contributed by atoms with van der Waals surface area (Å²) in [4.78, 5) is 20.3. The van der Waals surface area contributed by atoms with Crippen LogP contribution in [0.1, 0.15) is 66.1 Å². The second-order valence-corrected chi connectivity index (χ2v) is 9.15. The largest absolute Gasteiger partial charge is 0.391 e. The summed E-state index contributed by atoms with van der Waals surface area (Å²) < 4.78 is 0. The van der Waals surface area contributed by atoms with Crippen LogP contribution in [-0.4, -0.2) is 21.4 Å². The lowest BCUT2D eigenvalue weighted by atomic mass is 9.98. The Hall–Kier alpha value is -1.11. The number of hydrogen-bond donors (Lipinski definition) is 1. The third-order valence-corrected chi connectivity index (χ3v) is 5.39. The maximum Gasteiger partial charge on any atom is 0.161 e. The zero-order valence-corrected chi connectivity index (χ0v) is 15.6. The minimum absolute atomic E-state index is 0.0614. The molecule has 0 spiro atoms. The number of aldehydes is 1. The second-order valence-electron chi connectivity index (χ2n) is 6.98. The van der Waals surface area contributed by atoms with Gasteiger partial charge in [0, 0.05) is 23.2 Å². The number of nitrogens with zero attached hydrogens (tertiary/aromatic N) is 2. The van der Waals surface area contributed by atoms with Gasteiger partial charge in [0.25, 0.3) is 0 Å². The molecule has 0 amide bonds. The highest BCUT2D eigenvalue weighted by molar-refractivity contribution is 7.13. The summed E-state index contributed by atoms with van der Waals surface area (Å²) in [7, 11) is 0. The number of thiazole rings is 2. The molecule has 0 saturated carbocycles. The van der Waals surface area contributed by atoms with E-state index < -0.39 is 0 Å². The first-order valence-electron chi connectivity index (χ1n) is 7.05. The predicted octanol–water partition coefficient (Wildman–Crippen LogP) is 4.19. The van der Waals surface area contributed by atoms with Crippen molar-refractivity contribution in [2.24, 2.45) is 0 Å². The van der Waals surface area contributed by atoms with E-state index in [1.807, 2.05) is 0 Å². The van der Waals surface area contributed by atoms with E-state index >= 15 is 0 Å². The Labute approximate surface area is 140 Å². The van der Waals surface area contributed by atoms with Crippen LogP contribution in [0.2, 0.25) is 0 Å². The molecular formula is C16H24N2O2S2. The summed E-state index contributed by atoms with van der Waals surface area (Å²) in [5, 5.41) is 10.9. The Bertz CT molecular complexity index is 604. The van der Waals surface area contributed by atoms with Crippen LogP contribution in [0.5, 0.6) is 0 Å². The zero-order chi connectivity index (χ0) is 17.0. The molecule has 0 radical (unpaired) electrons. The predicted molar refractivity (Wildman–Crippen MR) is 92.9 cm³/mol. The molecule has 122 valence electrons. The molecule has 0 aliphatic carbocycles. The molecule has 0 bridgehead atoms. The van der Waals surface area contributed by atoms with Crippen LogP contribution in [0.3, 0.4) is 0 Å². The van der Waals surface area contributed by atoms with E-state index in [2.05, 4.69) is 51.5 Å². The smallest absolute Gasteiger partial charge is 0.161 e. The van der Waals surface area contributed by atoms with E-state index in [0.29, 0.717) is 4.88 Å². The summed E-state index contributed by atoms with van der Waals surface area (Å²) >= 11 is 3.04. The number of carbonyl (C=O) groups excluding carboxylic acids is 1. The van der Waals surface area contributed by atoms with E-state index in [0.717, 1.165) is 21.2 Å². The minimum atomic E-state index is 0.0614. The van der Waals surface area contributed by atoms with Gasteiger partial charge in [-0.2, -0.15) is 0 Å². The fourth-order valence-corrected chi connectivity index (χ4v) is 3.03. The average molecular weight is 341 g/mol. The summed E-state index contributed by atoms with van der Waals surface area (Å²) in [5.74, 6) is 0. The molecule has 0 saturated heterocycles. The zero-order valence-electron chi connectivity index (χ0n) is 14.0. The maximum absolute atomic E-state index is 10.3. The lowest BCUT2D eigenvalue weighted by Gasteiger charge is -2.13. The second kappa shape index (κ2) is 7.44. The van der Waals surface area contributed by atoms with Crippen LogP contribution >= 0.6 is 22.7 Å². The van der Waals surface area contributed by atoms with Gasteiger partial charge >= 0.3 is 0 Å². The summed E-state index contributed by atoms with van der Waals surface area (Å²) in [6.45, 7) is 12.7. The lowest BCUT2D eigenvalue weighted by Crippen LogP contribution is -2.09. The molecule has 1 N–H and O–H groups in total. The quantitative estimate of drug-likeness (QED) is 0.833. The Morgan fingerprint density at radius 3 is 1.77 bits per heavy atom. The summed E-state index contributed by atoms with van der Waals surface area (Å²) in [6.07, 6.45) is 4.20. The lowest BCUT2D eigenvalue weighted by molar-refractivity contribution is 0.112. The Morgan fingerprint density at radius 1 is 1.00 bits per heavy atom.